The number of benzene rings is 2. The van der Waals surface area contributed by atoms with Crippen LogP contribution in [-0.4, -0.2) is 8.42 Å². The van der Waals surface area contributed by atoms with Gasteiger partial charge in [0.15, 0.2) is 0 Å². The zero-order chi connectivity index (χ0) is 14.0. The second-order valence-corrected chi connectivity index (χ2v) is 6.68. The van der Waals surface area contributed by atoms with E-state index in [2.05, 4.69) is 20.7 Å². The summed E-state index contributed by atoms with van der Waals surface area (Å²) in [5.74, 6) is 0. The molecule has 0 atom stereocenters. The van der Waals surface area contributed by atoms with Crippen LogP contribution in [0, 0.1) is 0 Å². The number of nitrogens with two attached hydrogens (primary N) is 1. The predicted octanol–water partition coefficient (Wildman–Crippen LogP) is 3.49. The fourth-order valence-corrected chi connectivity index (χ4v) is 3.30. The van der Waals surface area contributed by atoms with E-state index in [4.69, 9.17) is 17.3 Å². The number of anilines is 2. The van der Waals surface area contributed by atoms with E-state index >= 15 is 0 Å². The molecule has 2 rings (SSSR count). The van der Waals surface area contributed by atoms with Crippen LogP contribution in [0.2, 0.25) is 5.02 Å². The van der Waals surface area contributed by atoms with Gasteiger partial charge in [-0.25, -0.2) is 8.42 Å². The Kier molecular flexibility index (Phi) is 4.03. The molecule has 0 saturated heterocycles. The van der Waals surface area contributed by atoms with Crippen molar-refractivity contribution in [1.82, 2.24) is 0 Å². The number of nitrogen functional groups attached to an aromatic ring is 1. The fraction of sp³-hybridized carbons (Fsp3) is 0. The first-order chi connectivity index (χ1) is 8.90. The van der Waals surface area contributed by atoms with Crippen molar-refractivity contribution in [3.63, 3.8) is 0 Å². The van der Waals surface area contributed by atoms with Crippen LogP contribution < -0.4 is 10.5 Å². The van der Waals surface area contributed by atoms with Crippen molar-refractivity contribution in [1.29, 1.82) is 0 Å². The highest BCUT2D eigenvalue weighted by atomic mass is 79.9. The van der Waals surface area contributed by atoms with E-state index in [-0.39, 0.29) is 9.92 Å². The lowest BCUT2D eigenvalue weighted by molar-refractivity contribution is 0.601. The number of hydrogen-bond acceptors (Lipinski definition) is 3. The minimum atomic E-state index is -3.73. The lowest BCUT2D eigenvalue weighted by Gasteiger charge is -2.10. The number of nitrogens with one attached hydrogen (secondary N) is 1. The molecule has 0 aromatic heterocycles. The summed E-state index contributed by atoms with van der Waals surface area (Å²) in [6, 6.07) is 11.0. The molecule has 0 heterocycles. The summed E-state index contributed by atoms with van der Waals surface area (Å²) < 4.78 is 27.5. The third-order valence-electron chi connectivity index (χ3n) is 2.37. The highest BCUT2D eigenvalue weighted by Gasteiger charge is 2.17. The Morgan fingerprint density at radius 2 is 1.84 bits per heavy atom. The Balaban J connectivity index is 2.37. The molecule has 4 nitrogen and oxygen atoms in total. The maximum atomic E-state index is 12.2. The summed E-state index contributed by atoms with van der Waals surface area (Å²) in [5, 5.41) is 0.167. The van der Waals surface area contributed by atoms with Crippen molar-refractivity contribution in [2.45, 2.75) is 4.90 Å². The highest BCUT2D eigenvalue weighted by Crippen LogP contribution is 2.26. The van der Waals surface area contributed by atoms with Gasteiger partial charge in [0, 0.05) is 10.2 Å². The molecule has 19 heavy (non-hydrogen) atoms. The summed E-state index contributed by atoms with van der Waals surface area (Å²) >= 11 is 9.12. The molecule has 100 valence electrons. The van der Waals surface area contributed by atoms with Gasteiger partial charge < -0.3 is 5.73 Å². The molecular formula is C12H10BrClN2O2S. The SMILES string of the molecule is Nc1cc(NS(=O)(=O)c2ccccc2Cl)ccc1Br. The van der Waals surface area contributed by atoms with Crippen LogP contribution in [-0.2, 0) is 10.0 Å². The van der Waals surface area contributed by atoms with Crippen LogP contribution in [0.4, 0.5) is 11.4 Å². The highest BCUT2D eigenvalue weighted by molar-refractivity contribution is 9.10. The van der Waals surface area contributed by atoms with Crippen molar-refractivity contribution < 1.29 is 8.42 Å². The zero-order valence-electron chi connectivity index (χ0n) is 9.60. The largest absolute Gasteiger partial charge is 0.398 e. The molecule has 0 fully saturated rings. The molecule has 3 N–H and O–H groups in total. The van der Waals surface area contributed by atoms with E-state index in [1.165, 1.54) is 18.2 Å². The van der Waals surface area contributed by atoms with Crippen molar-refractivity contribution in [2.75, 3.05) is 10.5 Å². The van der Waals surface area contributed by atoms with Gasteiger partial charge in [0.1, 0.15) is 4.90 Å². The van der Waals surface area contributed by atoms with Crippen LogP contribution >= 0.6 is 27.5 Å². The van der Waals surface area contributed by atoms with E-state index in [0.717, 1.165) is 0 Å². The summed E-state index contributed by atoms with van der Waals surface area (Å²) in [6.07, 6.45) is 0. The third kappa shape index (κ3) is 3.20. The van der Waals surface area contributed by atoms with Gasteiger partial charge in [-0.15, -0.1) is 0 Å². The summed E-state index contributed by atoms with van der Waals surface area (Å²) in [6.45, 7) is 0. The number of rotatable bonds is 3. The average molecular weight is 362 g/mol. The second kappa shape index (κ2) is 5.40. The number of halogens is 2. The molecule has 2 aromatic carbocycles. The number of sulfonamides is 1. The Morgan fingerprint density at radius 1 is 1.16 bits per heavy atom. The number of hydrogen-bond donors (Lipinski definition) is 2. The Morgan fingerprint density at radius 3 is 2.47 bits per heavy atom. The van der Waals surface area contributed by atoms with Crippen LogP contribution in [0.3, 0.4) is 0 Å². The Bertz CT molecular complexity index is 719. The molecule has 2 aromatic rings. The molecule has 0 bridgehead atoms. The molecule has 0 spiro atoms. The first-order valence-corrected chi connectivity index (χ1v) is 7.88. The zero-order valence-corrected chi connectivity index (χ0v) is 12.8. The molecule has 0 aliphatic rings. The quantitative estimate of drug-likeness (QED) is 0.822. The summed E-state index contributed by atoms with van der Waals surface area (Å²) in [5.41, 5.74) is 6.52. The van der Waals surface area contributed by atoms with E-state index in [1.54, 1.807) is 24.3 Å². The maximum absolute atomic E-state index is 12.2. The summed E-state index contributed by atoms with van der Waals surface area (Å²) in [7, 11) is -3.73. The van der Waals surface area contributed by atoms with Crippen molar-refractivity contribution in [2.24, 2.45) is 0 Å². The first-order valence-electron chi connectivity index (χ1n) is 5.22. The standard InChI is InChI=1S/C12H10BrClN2O2S/c13-9-6-5-8(7-11(9)15)16-19(17,18)12-4-2-1-3-10(12)14/h1-7,16H,15H2. The van der Waals surface area contributed by atoms with E-state index < -0.39 is 10.0 Å². The topological polar surface area (TPSA) is 72.2 Å². The van der Waals surface area contributed by atoms with Gasteiger partial charge in [-0.3, -0.25) is 4.72 Å². The van der Waals surface area contributed by atoms with Gasteiger partial charge in [-0.05, 0) is 46.3 Å². The van der Waals surface area contributed by atoms with Crippen molar-refractivity contribution in [3.8, 4) is 0 Å². The van der Waals surface area contributed by atoms with Gasteiger partial charge >= 0.3 is 0 Å². The monoisotopic (exact) mass is 360 g/mol. The minimum Gasteiger partial charge on any atom is -0.398 e. The van der Waals surface area contributed by atoms with E-state index in [1.807, 2.05) is 0 Å². The molecule has 0 amide bonds. The molecule has 0 unspecified atom stereocenters. The fourth-order valence-electron chi connectivity index (χ4n) is 1.48. The van der Waals surface area contributed by atoms with Crippen LogP contribution in [0.1, 0.15) is 0 Å². The van der Waals surface area contributed by atoms with Gasteiger partial charge in [0.2, 0.25) is 0 Å². The molecule has 0 aliphatic carbocycles. The Hall–Kier alpha value is -1.24. The van der Waals surface area contributed by atoms with Crippen LogP contribution in [0.25, 0.3) is 0 Å². The third-order valence-corrected chi connectivity index (χ3v) is 4.98. The summed E-state index contributed by atoms with van der Waals surface area (Å²) in [4.78, 5) is 0.0261. The first kappa shape index (κ1) is 14.2. The Labute approximate surface area is 124 Å². The van der Waals surface area contributed by atoms with Crippen molar-refractivity contribution in [3.05, 3.63) is 52.0 Å². The molecule has 0 radical (unpaired) electrons. The maximum Gasteiger partial charge on any atom is 0.263 e. The van der Waals surface area contributed by atoms with Gasteiger partial charge in [0.05, 0.1) is 10.7 Å². The minimum absolute atomic E-state index is 0.0261. The normalized spacial score (nSPS) is 11.3. The second-order valence-electron chi connectivity index (χ2n) is 3.77. The lowest BCUT2D eigenvalue weighted by atomic mass is 10.3. The molecule has 0 aliphatic heterocycles. The molecular weight excluding hydrogens is 352 g/mol. The average Bonchev–Trinajstić information content (AvgIpc) is 2.34. The smallest absolute Gasteiger partial charge is 0.263 e. The van der Waals surface area contributed by atoms with E-state index in [9.17, 15) is 8.42 Å². The van der Waals surface area contributed by atoms with Crippen molar-refractivity contribution >= 4 is 48.9 Å². The van der Waals surface area contributed by atoms with Gasteiger partial charge in [0.25, 0.3) is 10.0 Å². The van der Waals surface area contributed by atoms with Gasteiger partial charge in [-0.2, -0.15) is 0 Å². The van der Waals surface area contributed by atoms with Crippen LogP contribution in [0.15, 0.2) is 51.8 Å². The van der Waals surface area contributed by atoms with Crippen LogP contribution in [0.5, 0.6) is 0 Å². The molecule has 7 heteroatoms. The van der Waals surface area contributed by atoms with Gasteiger partial charge in [-0.1, -0.05) is 23.7 Å². The van der Waals surface area contributed by atoms with E-state index in [0.29, 0.717) is 15.8 Å². The lowest BCUT2D eigenvalue weighted by Crippen LogP contribution is -2.13. The predicted molar refractivity (Wildman–Crippen MR) is 80.8 cm³/mol. The molecule has 0 saturated carbocycles.